The molecule has 7 heteroatoms. The molecule has 0 fully saturated rings. The van der Waals surface area contributed by atoms with Gasteiger partial charge in [0.05, 0.1) is 18.9 Å². The van der Waals surface area contributed by atoms with Crippen LogP contribution in [-0.4, -0.2) is 39.3 Å². The number of aliphatic hydroxyl groups excluding tert-OH is 1. The topological polar surface area (TPSA) is 75.5 Å². The molecular formula is C20H24BrN3O3. The van der Waals surface area contributed by atoms with Crippen molar-refractivity contribution < 1.29 is 14.0 Å². The van der Waals surface area contributed by atoms with E-state index in [1.54, 1.807) is 6.26 Å². The van der Waals surface area contributed by atoms with Crippen molar-refractivity contribution in [3.8, 4) is 11.4 Å². The Morgan fingerprint density at radius 3 is 2.74 bits per heavy atom. The second-order valence-electron chi connectivity index (χ2n) is 6.53. The minimum Gasteiger partial charge on any atom is -0.468 e. The molecule has 0 aliphatic rings. The summed E-state index contributed by atoms with van der Waals surface area (Å²) in [6, 6.07) is 11.6. The van der Waals surface area contributed by atoms with Crippen molar-refractivity contribution >= 4 is 15.9 Å². The Kier molecular flexibility index (Phi) is 7.20. The Bertz CT molecular complexity index is 802. The van der Waals surface area contributed by atoms with Crippen LogP contribution in [0, 0.1) is 0 Å². The summed E-state index contributed by atoms with van der Waals surface area (Å²) in [5, 5.41) is 14.3. The van der Waals surface area contributed by atoms with E-state index < -0.39 is 0 Å². The van der Waals surface area contributed by atoms with E-state index in [1.807, 2.05) is 36.4 Å². The summed E-state index contributed by atoms with van der Waals surface area (Å²) in [6.45, 7) is 4.00. The molecule has 0 aliphatic carbocycles. The fraction of sp³-hybridized carbons (Fsp3) is 0.400. The standard InChI is InChI=1S/C20H24BrN3O3/c1-2-4-17(25)13-24(14-18-5-3-12-26-18)11-10-19-22-20(23-27-19)15-6-8-16(21)9-7-15/h3,5-9,12,17,25H,2,4,10-11,13-14H2,1H3. The lowest BCUT2D eigenvalue weighted by molar-refractivity contribution is 0.0964. The van der Waals surface area contributed by atoms with Gasteiger partial charge < -0.3 is 14.0 Å². The molecule has 1 aromatic carbocycles. The normalized spacial score (nSPS) is 12.6. The van der Waals surface area contributed by atoms with Crippen LogP contribution in [0.15, 0.2) is 56.1 Å². The Labute approximate surface area is 167 Å². The molecule has 27 heavy (non-hydrogen) atoms. The van der Waals surface area contributed by atoms with Gasteiger partial charge in [0.2, 0.25) is 11.7 Å². The maximum Gasteiger partial charge on any atom is 0.228 e. The molecule has 0 aliphatic heterocycles. The lowest BCUT2D eigenvalue weighted by Gasteiger charge is -2.23. The van der Waals surface area contributed by atoms with Crippen molar-refractivity contribution in [3.05, 3.63) is 58.8 Å². The molecule has 2 aromatic heterocycles. The van der Waals surface area contributed by atoms with Crippen LogP contribution in [-0.2, 0) is 13.0 Å². The average Bonchev–Trinajstić information content (AvgIpc) is 3.32. The number of rotatable bonds is 10. The highest BCUT2D eigenvalue weighted by atomic mass is 79.9. The Hall–Kier alpha value is -1.96. The van der Waals surface area contributed by atoms with Crippen LogP contribution in [0.2, 0.25) is 0 Å². The third-order valence-electron chi connectivity index (χ3n) is 4.26. The second kappa shape index (κ2) is 9.82. The first-order valence-electron chi connectivity index (χ1n) is 9.15. The van der Waals surface area contributed by atoms with E-state index in [9.17, 15) is 5.11 Å². The molecule has 1 atom stereocenters. The van der Waals surface area contributed by atoms with Crippen LogP contribution in [0.4, 0.5) is 0 Å². The van der Waals surface area contributed by atoms with Crippen molar-refractivity contribution in [2.75, 3.05) is 13.1 Å². The summed E-state index contributed by atoms with van der Waals surface area (Å²) in [4.78, 5) is 6.64. The zero-order valence-corrected chi connectivity index (χ0v) is 16.9. The van der Waals surface area contributed by atoms with Crippen LogP contribution in [0.5, 0.6) is 0 Å². The lowest BCUT2D eigenvalue weighted by atomic mass is 10.2. The SMILES string of the molecule is CCCC(O)CN(CCc1nc(-c2ccc(Br)cc2)no1)Cc1ccco1. The maximum atomic E-state index is 10.2. The fourth-order valence-corrected chi connectivity index (χ4v) is 3.17. The van der Waals surface area contributed by atoms with Crippen molar-refractivity contribution in [2.45, 2.75) is 38.8 Å². The van der Waals surface area contributed by atoms with Gasteiger partial charge in [0.15, 0.2) is 0 Å². The highest BCUT2D eigenvalue weighted by Crippen LogP contribution is 2.19. The van der Waals surface area contributed by atoms with Gasteiger partial charge >= 0.3 is 0 Å². The van der Waals surface area contributed by atoms with E-state index >= 15 is 0 Å². The average molecular weight is 434 g/mol. The smallest absolute Gasteiger partial charge is 0.228 e. The van der Waals surface area contributed by atoms with Gasteiger partial charge in [0.1, 0.15) is 5.76 Å². The molecule has 0 amide bonds. The molecule has 1 unspecified atom stereocenters. The minimum atomic E-state index is -0.356. The first-order valence-corrected chi connectivity index (χ1v) is 9.94. The summed E-state index contributed by atoms with van der Waals surface area (Å²) >= 11 is 3.42. The van der Waals surface area contributed by atoms with E-state index in [1.165, 1.54) is 0 Å². The van der Waals surface area contributed by atoms with E-state index in [-0.39, 0.29) is 6.10 Å². The Balaban J connectivity index is 1.61. The molecule has 3 aromatic rings. The number of nitrogens with zero attached hydrogens (tertiary/aromatic N) is 3. The number of hydrogen-bond acceptors (Lipinski definition) is 6. The fourth-order valence-electron chi connectivity index (χ4n) is 2.91. The van der Waals surface area contributed by atoms with Gasteiger partial charge in [-0.05, 0) is 42.8 Å². The highest BCUT2D eigenvalue weighted by molar-refractivity contribution is 9.10. The minimum absolute atomic E-state index is 0.356. The van der Waals surface area contributed by atoms with Crippen molar-refractivity contribution in [1.82, 2.24) is 15.0 Å². The quantitative estimate of drug-likeness (QED) is 0.513. The first-order chi connectivity index (χ1) is 13.1. The van der Waals surface area contributed by atoms with Crippen LogP contribution in [0.25, 0.3) is 11.4 Å². The van der Waals surface area contributed by atoms with Gasteiger partial charge in [0, 0.05) is 29.5 Å². The molecule has 144 valence electrons. The third kappa shape index (κ3) is 6.02. The van der Waals surface area contributed by atoms with Gasteiger partial charge in [-0.15, -0.1) is 0 Å². The van der Waals surface area contributed by atoms with Crippen molar-refractivity contribution in [2.24, 2.45) is 0 Å². The molecule has 6 nitrogen and oxygen atoms in total. The number of halogens is 1. The monoisotopic (exact) mass is 433 g/mol. The van der Waals surface area contributed by atoms with Crippen molar-refractivity contribution in [3.63, 3.8) is 0 Å². The Morgan fingerprint density at radius 1 is 1.22 bits per heavy atom. The van der Waals surface area contributed by atoms with Gasteiger partial charge in [0.25, 0.3) is 0 Å². The van der Waals surface area contributed by atoms with E-state index in [0.717, 1.165) is 28.6 Å². The number of furan rings is 1. The predicted molar refractivity (Wildman–Crippen MR) is 106 cm³/mol. The maximum absolute atomic E-state index is 10.2. The van der Waals surface area contributed by atoms with Crippen molar-refractivity contribution in [1.29, 1.82) is 0 Å². The molecule has 1 N–H and O–H groups in total. The zero-order valence-electron chi connectivity index (χ0n) is 15.3. The lowest BCUT2D eigenvalue weighted by Crippen LogP contribution is -2.33. The summed E-state index contributed by atoms with van der Waals surface area (Å²) in [7, 11) is 0. The molecule has 0 saturated heterocycles. The zero-order chi connectivity index (χ0) is 19.1. The number of benzene rings is 1. The van der Waals surface area contributed by atoms with Crippen LogP contribution in [0.3, 0.4) is 0 Å². The molecule has 3 rings (SSSR count). The predicted octanol–water partition coefficient (Wildman–Crippen LogP) is 4.30. The summed E-state index contributed by atoms with van der Waals surface area (Å²) < 4.78 is 11.9. The molecule has 0 radical (unpaired) electrons. The molecule has 0 spiro atoms. The third-order valence-corrected chi connectivity index (χ3v) is 4.79. The first kappa shape index (κ1) is 19.8. The number of hydrogen-bond donors (Lipinski definition) is 1. The van der Waals surface area contributed by atoms with Gasteiger partial charge in [-0.25, -0.2) is 0 Å². The van der Waals surface area contributed by atoms with Gasteiger partial charge in [-0.1, -0.05) is 34.4 Å². The molecular weight excluding hydrogens is 410 g/mol. The summed E-state index contributed by atoms with van der Waals surface area (Å²) in [6.07, 6.45) is 3.66. The molecule has 2 heterocycles. The van der Waals surface area contributed by atoms with E-state index in [0.29, 0.717) is 37.8 Å². The number of aliphatic hydroxyl groups is 1. The van der Waals surface area contributed by atoms with E-state index in [4.69, 9.17) is 8.94 Å². The largest absolute Gasteiger partial charge is 0.468 e. The number of aromatic nitrogens is 2. The van der Waals surface area contributed by atoms with Crippen LogP contribution >= 0.6 is 15.9 Å². The molecule has 0 saturated carbocycles. The summed E-state index contributed by atoms with van der Waals surface area (Å²) in [5.74, 6) is 2.04. The Morgan fingerprint density at radius 2 is 2.04 bits per heavy atom. The van der Waals surface area contributed by atoms with Gasteiger partial charge in [-0.2, -0.15) is 4.98 Å². The highest BCUT2D eigenvalue weighted by Gasteiger charge is 2.15. The summed E-state index contributed by atoms with van der Waals surface area (Å²) in [5.41, 5.74) is 0.916. The second-order valence-corrected chi connectivity index (χ2v) is 7.44. The van der Waals surface area contributed by atoms with Gasteiger partial charge in [-0.3, -0.25) is 4.90 Å². The van der Waals surface area contributed by atoms with Crippen LogP contribution in [0.1, 0.15) is 31.4 Å². The molecule has 0 bridgehead atoms. The van der Waals surface area contributed by atoms with E-state index in [2.05, 4.69) is 37.9 Å². The van der Waals surface area contributed by atoms with Crippen LogP contribution < -0.4 is 0 Å².